The van der Waals surface area contributed by atoms with Gasteiger partial charge >= 0.3 is 5.63 Å². The third-order valence-corrected chi connectivity index (χ3v) is 4.34. The van der Waals surface area contributed by atoms with Crippen LogP contribution in [-0.4, -0.2) is 23.0 Å². The number of hydrogen-bond donors (Lipinski definition) is 2. The molecule has 1 atom stereocenters. The first-order valence-electron chi connectivity index (χ1n) is 8.59. The molecule has 2 rings (SSSR count). The molecule has 0 aliphatic heterocycles. The number of amides is 1. The third kappa shape index (κ3) is 4.62. The van der Waals surface area contributed by atoms with Gasteiger partial charge in [-0.2, -0.15) is 0 Å². The van der Waals surface area contributed by atoms with Crippen molar-refractivity contribution < 1.29 is 24.2 Å². The zero-order valence-corrected chi connectivity index (χ0v) is 14.8. The first-order valence-corrected chi connectivity index (χ1v) is 8.59. The Bertz CT molecular complexity index is 870. The van der Waals surface area contributed by atoms with Crippen LogP contribution in [0.15, 0.2) is 27.4 Å². The van der Waals surface area contributed by atoms with Gasteiger partial charge in [0.15, 0.2) is 0 Å². The monoisotopic (exact) mass is 360 g/mol. The number of phenolic OH excluding ortho intramolecular Hbond substituents is 1. The molecule has 7 nitrogen and oxygen atoms in total. The van der Waals surface area contributed by atoms with E-state index in [0.717, 1.165) is 6.42 Å². The van der Waals surface area contributed by atoms with Gasteiger partial charge in [0, 0.05) is 23.4 Å². The van der Waals surface area contributed by atoms with Gasteiger partial charge in [0.2, 0.25) is 5.91 Å². The minimum atomic E-state index is -1.31. The molecule has 0 fully saturated rings. The Hall–Kier alpha value is -2.83. The summed E-state index contributed by atoms with van der Waals surface area (Å²) in [6.07, 6.45) is 1.88. The SMILES string of the molecule is CCCC[C@@H](NC(=O)CCc1c(C)c2ccc(O)cc2oc1=O)C(=O)[O-]. The van der Waals surface area contributed by atoms with Crippen molar-refractivity contribution in [3.63, 3.8) is 0 Å². The Morgan fingerprint density at radius 1 is 1.35 bits per heavy atom. The number of aromatic hydroxyl groups is 1. The Morgan fingerprint density at radius 2 is 2.08 bits per heavy atom. The number of benzene rings is 1. The molecule has 0 bridgehead atoms. The summed E-state index contributed by atoms with van der Waals surface area (Å²) in [5.74, 6) is -1.78. The number of carboxylic acid groups (broad SMARTS) is 1. The Labute approximate surface area is 150 Å². The maximum absolute atomic E-state index is 12.2. The van der Waals surface area contributed by atoms with Crippen LogP contribution in [0.5, 0.6) is 5.75 Å². The van der Waals surface area contributed by atoms with Gasteiger partial charge in [-0.3, -0.25) is 4.79 Å². The molecule has 2 aromatic rings. The standard InChI is InChI=1S/C19H23NO6/c1-3-4-5-15(18(23)24)20-17(22)9-8-14-11(2)13-7-6-12(21)10-16(13)26-19(14)25/h6-7,10,15,21H,3-5,8-9H2,1-2H3,(H,20,22)(H,23,24)/p-1/t15-/m1/s1. The maximum atomic E-state index is 12.2. The second kappa shape index (κ2) is 8.51. The van der Waals surface area contributed by atoms with E-state index in [9.17, 15) is 24.6 Å². The number of rotatable bonds is 8. The summed E-state index contributed by atoms with van der Waals surface area (Å²) >= 11 is 0. The van der Waals surface area contributed by atoms with Crippen LogP contribution < -0.4 is 16.0 Å². The van der Waals surface area contributed by atoms with Crippen molar-refractivity contribution in [2.75, 3.05) is 0 Å². The van der Waals surface area contributed by atoms with E-state index in [0.29, 0.717) is 29.4 Å². The van der Waals surface area contributed by atoms with Crippen LogP contribution in [0.3, 0.4) is 0 Å². The normalized spacial score (nSPS) is 12.1. The Kier molecular flexibility index (Phi) is 6.38. The first-order chi connectivity index (χ1) is 12.3. The second-order valence-corrected chi connectivity index (χ2v) is 6.25. The molecule has 0 saturated heterocycles. The fourth-order valence-electron chi connectivity index (χ4n) is 2.83. The summed E-state index contributed by atoms with van der Waals surface area (Å²) in [6.45, 7) is 3.67. The van der Waals surface area contributed by atoms with E-state index in [1.807, 2.05) is 6.92 Å². The number of aliphatic carboxylic acids is 1. The number of aryl methyl sites for hydroxylation is 1. The van der Waals surface area contributed by atoms with Gasteiger partial charge < -0.3 is 24.7 Å². The van der Waals surface area contributed by atoms with Crippen molar-refractivity contribution in [2.24, 2.45) is 0 Å². The lowest BCUT2D eigenvalue weighted by atomic mass is 10.0. The highest BCUT2D eigenvalue weighted by Gasteiger charge is 2.16. The molecule has 1 aromatic carbocycles. The molecular formula is C19H22NO6-. The largest absolute Gasteiger partial charge is 0.548 e. The number of phenols is 1. The third-order valence-electron chi connectivity index (χ3n) is 4.34. The molecule has 0 radical (unpaired) electrons. The molecule has 0 aliphatic rings. The fraction of sp³-hybridized carbons (Fsp3) is 0.421. The van der Waals surface area contributed by atoms with Crippen LogP contribution in [0.1, 0.15) is 43.7 Å². The summed E-state index contributed by atoms with van der Waals surface area (Å²) in [4.78, 5) is 35.3. The summed E-state index contributed by atoms with van der Waals surface area (Å²) in [6, 6.07) is 3.46. The molecule has 1 heterocycles. The van der Waals surface area contributed by atoms with E-state index in [1.54, 1.807) is 13.0 Å². The average Bonchev–Trinajstić information content (AvgIpc) is 2.57. The Balaban J connectivity index is 2.11. The molecule has 0 saturated carbocycles. The van der Waals surface area contributed by atoms with Crippen LogP contribution in [0, 0.1) is 6.92 Å². The van der Waals surface area contributed by atoms with Crippen molar-refractivity contribution in [2.45, 2.75) is 52.0 Å². The van der Waals surface area contributed by atoms with Crippen molar-refractivity contribution in [1.29, 1.82) is 0 Å². The van der Waals surface area contributed by atoms with Gasteiger partial charge in [-0.25, -0.2) is 4.79 Å². The van der Waals surface area contributed by atoms with Crippen molar-refractivity contribution in [1.82, 2.24) is 5.32 Å². The van der Waals surface area contributed by atoms with Crippen LogP contribution in [0.4, 0.5) is 0 Å². The topological polar surface area (TPSA) is 120 Å². The molecule has 7 heteroatoms. The van der Waals surface area contributed by atoms with Crippen LogP contribution in [0.25, 0.3) is 11.0 Å². The number of carbonyl (C=O) groups is 2. The highest BCUT2D eigenvalue weighted by molar-refractivity contribution is 5.84. The van der Waals surface area contributed by atoms with E-state index in [1.165, 1.54) is 12.1 Å². The number of hydrogen-bond acceptors (Lipinski definition) is 6. The molecule has 2 N–H and O–H groups in total. The van der Waals surface area contributed by atoms with Crippen molar-refractivity contribution >= 4 is 22.8 Å². The maximum Gasteiger partial charge on any atom is 0.339 e. The number of carboxylic acids is 1. The van der Waals surface area contributed by atoms with E-state index in [2.05, 4.69) is 5.32 Å². The number of nitrogens with one attached hydrogen (secondary N) is 1. The van der Waals surface area contributed by atoms with Gasteiger partial charge in [0.25, 0.3) is 0 Å². The van der Waals surface area contributed by atoms with E-state index < -0.39 is 23.5 Å². The zero-order valence-electron chi connectivity index (χ0n) is 14.8. The van der Waals surface area contributed by atoms with Crippen LogP contribution in [0.2, 0.25) is 0 Å². The van der Waals surface area contributed by atoms with Crippen molar-refractivity contribution in [3.8, 4) is 5.75 Å². The number of fused-ring (bicyclic) bond motifs is 1. The molecule has 0 unspecified atom stereocenters. The van der Waals surface area contributed by atoms with Crippen LogP contribution >= 0.6 is 0 Å². The zero-order chi connectivity index (χ0) is 19.3. The highest BCUT2D eigenvalue weighted by atomic mass is 16.4. The fourth-order valence-corrected chi connectivity index (χ4v) is 2.83. The average molecular weight is 360 g/mol. The van der Waals surface area contributed by atoms with Gasteiger partial charge in [0.1, 0.15) is 11.3 Å². The lowest BCUT2D eigenvalue weighted by Gasteiger charge is -2.19. The molecule has 1 aromatic heterocycles. The predicted octanol–water partition coefficient (Wildman–Crippen LogP) is 1.16. The van der Waals surface area contributed by atoms with Gasteiger partial charge in [-0.05, 0) is 37.5 Å². The lowest BCUT2D eigenvalue weighted by molar-refractivity contribution is -0.308. The van der Waals surface area contributed by atoms with Gasteiger partial charge in [0.05, 0.1) is 12.0 Å². The number of carbonyl (C=O) groups excluding carboxylic acids is 2. The van der Waals surface area contributed by atoms with E-state index in [4.69, 9.17) is 4.42 Å². The quantitative estimate of drug-likeness (QED) is 0.682. The lowest BCUT2D eigenvalue weighted by Crippen LogP contribution is -2.47. The van der Waals surface area contributed by atoms with E-state index >= 15 is 0 Å². The first kappa shape index (κ1) is 19.5. The number of unbranched alkanes of at least 4 members (excludes halogenated alkanes) is 1. The molecule has 26 heavy (non-hydrogen) atoms. The smallest absolute Gasteiger partial charge is 0.339 e. The summed E-state index contributed by atoms with van der Waals surface area (Å²) in [5, 5.41) is 23.7. The molecule has 1 amide bonds. The molecular weight excluding hydrogens is 338 g/mol. The molecule has 140 valence electrons. The van der Waals surface area contributed by atoms with Crippen LogP contribution in [-0.2, 0) is 16.0 Å². The van der Waals surface area contributed by atoms with Gasteiger partial charge in [-0.15, -0.1) is 0 Å². The minimum Gasteiger partial charge on any atom is -0.548 e. The molecule has 0 spiro atoms. The predicted molar refractivity (Wildman–Crippen MR) is 93.7 cm³/mol. The second-order valence-electron chi connectivity index (χ2n) is 6.25. The highest BCUT2D eigenvalue weighted by Crippen LogP contribution is 2.23. The minimum absolute atomic E-state index is 0.00687. The van der Waals surface area contributed by atoms with Crippen molar-refractivity contribution in [3.05, 3.63) is 39.7 Å². The van der Waals surface area contributed by atoms with Gasteiger partial charge in [-0.1, -0.05) is 19.8 Å². The molecule has 0 aliphatic carbocycles. The Morgan fingerprint density at radius 3 is 2.73 bits per heavy atom. The summed E-state index contributed by atoms with van der Waals surface area (Å²) < 4.78 is 5.21. The summed E-state index contributed by atoms with van der Waals surface area (Å²) in [5.41, 5.74) is 0.733. The van der Waals surface area contributed by atoms with E-state index in [-0.39, 0.29) is 24.2 Å². The summed E-state index contributed by atoms with van der Waals surface area (Å²) in [7, 11) is 0.